The summed E-state index contributed by atoms with van der Waals surface area (Å²) in [7, 11) is 0. The summed E-state index contributed by atoms with van der Waals surface area (Å²) in [6.45, 7) is 4.19. The number of aromatic nitrogens is 1. The average Bonchev–Trinajstić information content (AvgIpc) is 2.78. The highest BCUT2D eigenvalue weighted by Crippen LogP contribution is 2.24. The molecule has 0 bridgehead atoms. The number of carbonyl (C=O) groups is 1. The number of anilines is 1. The van der Waals surface area contributed by atoms with Gasteiger partial charge in [-0.2, -0.15) is 0 Å². The van der Waals surface area contributed by atoms with E-state index in [9.17, 15) is 4.79 Å². The molecule has 0 saturated carbocycles. The molecule has 5 heteroatoms. The van der Waals surface area contributed by atoms with Crippen molar-refractivity contribution in [3.8, 4) is 5.75 Å². The first-order valence-electron chi connectivity index (χ1n) is 5.66. The average molecular weight is 246 g/mol. The highest BCUT2D eigenvalue weighted by atomic mass is 16.5. The predicted molar refractivity (Wildman–Crippen MR) is 66.8 cm³/mol. The molecule has 0 aliphatic carbocycles. The molecule has 94 valence electrons. The zero-order valence-electron chi connectivity index (χ0n) is 10.3. The summed E-state index contributed by atoms with van der Waals surface area (Å²) in [4.78, 5) is 12.0. The van der Waals surface area contributed by atoms with Crippen molar-refractivity contribution in [2.24, 2.45) is 0 Å². The van der Waals surface area contributed by atoms with Crippen LogP contribution in [0.5, 0.6) is 5.75 Å². The van der Waals surface area contributed by atoms with Crippen molar-refractivity contribution in [2.75, 3.05) is 11.9 Å². The number of hydrogen-bond acceptors (Lipinski definition) is 4. The van der Waals surface area contributed by atoms with E-state index in [2.05, 4.69) is 10.5 Å². The van der Waals surface area contributed by atoms with Gasteiger partial charge in [0.25, 0.3) is 5.91 Å². The van der Waals surface area contributed by atoms with Crippen molar-refractivity contribution in [2.45, 2.75) is 13.8 Å². The molecule has 1 heterocycles. The monoisotopic (exact) mass is 246 g/mol. The number of carbonyl (C=O) groups excluding carboxylic acids is 1. The minimum absolute atomic E-state index is 0.279. The number of rotatable bonds is 4. The SMILES string of the molecule is CCOc1ccccc1NC(=O)c1nocc1C. The molecule has 18 heavy (non-hydrogen) atoms. The molecule has 0 aliphatic rings. The van der Waals surface area contributed by atoms with Gasteiger partial charge in [-0.15, -0.1) is 0 Å². The summed E-state index contributed by atoms with van der Waals surface area (Å²) in [6, 6.07) is 7.25. The third-order valence-corrected chi connectivity index (χ3v) is 2.40. The maximum atomic E-state index is 12.0. The highest BCUT2D eigenvalue weighted by molar-refractivity contribution is 6.04. The summed E-state index contributed by atoms with van der Waals surface area (Å²) < 4.78 is 10.2. The van der Waals surface area contributed by atoms with E-state index in [0.717, 1.165) is 0 Å². The molecular formula is C13H14N2O3. The van der Waals surface area contributed by atoms with E-state index in [1.165, 1.54) is 6.26 Å². The van der Waals surface area contributed by atoms with Gasteiger partial charge < -0.3 is 14.6 Å². The van der Waals surface area contributed by atoms with Crippen LogP contribution >= 0.6 is 0 Å². The Kier molecular flexibility index (Phi) is 3.62. The number of para-hydroxylation sites is 2. The van der Waals surface area contributed by atoms with Gasteiger partial charge >= 0.3 is 0 Å². The second-order valence-electron chi connectivity index (χ2n) is 3.73. The number of nitrogens with zero attached hydrogens (tertiary/aromatic N) is 1. The van der Waals surface area contributed by atoms with Gasteiger partial charge in [0, 0.05) is 5.56 Å². The maximum absolute atomic E-state index is 12.0. The number of hydrogen-bond donors (Lipinski definition) is 1. The fourth-order valence-corrected chi connectivity index (χ4v) is 1.54. The quantitative estimate of drug-likeness (QED) is 0.900. The van der Waals surface area contributed by atoms with Crippen molar-refractivity contribution in [3.63, 3.8) is 0 Å². The number of ether oxygens (including phenoxy) is 1. The van der Waals surface area contributed by atoms with Crippen molar-refractivity contribution in [1.29, 1.82) is 0 Å². The van der Waals surface area contributed by atoms with Crippen LogP contribution in [0.1, 0.15) is 23.0 Å². The van der Waals surface area contributed by atoms with Crippen molar-refractivity contribution in [1.82, 2.24) is 5.16 Å². The van der Waals surface area contributed by atoms with E-state index in [1.54, 1.807) is 19.1 Å². The Morgan fingerprint density at radius 1 is 1.44 bits per heavy atom. The van der Waals surface area contributed by atoms with Crippen LogP contribution in [0, 0.1) is 6.92 Å². The molecule has 1 aromatic carbocycles. The van der Waals surface area contributed by atoms with Crippen LogP contribution in [0.3, 0.4) is 0 Å². The van der Waals surface area contributed by atoms with E-state index in [4.69, 9.17) is 9.26 Å². The number of amides is 1. The smallest absolute Gasteiger partial charge is 0.278 e. The Hall–Kier alpha value is -2.30. The van der Waals surface area contributed by atoms with E-state index >= 15 is 0 Å². The lowest BCUT2D eigenvalue weighted by Crippen LogP contribution is -2.14. The van der Waals surface area contributed by atoms with Crippen LogP contribution in [0.4, 0.5) is 5.69 Å². The molecule has 0 atom stereocenters. The molecule has 0 saturated heterocycles. The van der Waals surface area contributed by atoms with Crippen LogP contribution in [0.2, 0.25) is 0 Å². The Bertz CT molecular complexity index is 549. The summed E-state index contributed by atoms with van der Waals surface area (Å²) in [6.07, 6.45) is 1.43. The minimum Gasteiger partial charge on any atom is -0.492 e. The third kappa shape index (κ3) is 2.51. The Labute approximate surface area is 105 Å². The van der Waals surface area contributed by atoms with Gasteiger partial charge in [0.15, 0.2) is 5.69 Å². The Balaban J connectivity index is 2.19. The van der Waals surface area contributed by atoms with Gasteiger partial charge in [-0.05, 0) is 26.0 Å². The zero-order valence-corrected chi connectivity index (χ0v) is 10.3. The molecule has 1 amide bonds. The normalized spacial score (nSPS) is 10.1. The molecule has 0 radical (unpaired) electrons. The second-order valence-corrected chi connectivity index (χ2v) is 3.73. The highest BCUT2D eigenvalue weighted by Gasteiger charge is 2.15. The van der Waals surface area contributed by atoms with E-state index in [0.29, 0.717) is 23.6 Å². The summed E-state index contributed by atoms with van der Waals surface area (Å²) in [5.74, 6) is 0.322. The molecule has 0 aliphatic heterocycles. The predicted octanol–water partition coefficient (Wildman–Crippen LogP) is 2.63. The Morgan fingerprint density at radius 3 is 2.89 bits per heavy atom. The van der Waals surface area contributed by atoms with Crippen LogP contribution in [0.25, 0.3) is 0 Å². The molecule has 0 spiro atoms. The number of benzene rings is 1. The van der Waals surface area contributed by atoms with Gasteiger partial charge in [0.05, 0.1) is 12.3 Å². The zero-order chi connectivity index (χ0) is 13.0. The first-order valence-corrected chi connectivity index (χ1v) is 5.66. The minimum atomic E-state index is -0.312. The summed E-state index contributed by atoms with van der Waals surface area (Å²) in [5, 5.41) is 6.41. The lowest BCUT2D eigenvalue weighted by atomic mass is 10.2. The molecule has 2 rings (SSSR count). The third-order valence-electron chi connectivity index (χ3n) is 2.40. The van der Waals surface area contributed by atoms with Gasteiger partial charge in [-0.3, -0.25) is 4.79 Å². The molecule has 1 aromatic heterocycles. The van der Waals surface area contributed by atoms with Crippen LogP contribution in [-0.4, -0.2) is 17.7 Å². The molecule has 5 nitrogen and oxygen atoms in total. The Morgan fingerprint density at radius 2 is 2.22 bits per heavy atom. The van der Waals surface area contributed by atoms with Crippen molar-refractivity contribution in [3.05, 3.63) is 41.8 Å². The summed E-state index contributed by atoms with van der Waals surface area (Å²) >= 11 is 0. The largest absolute Gasteiger partial charge is 0.492 e. The first-order chi connectivity index (χ1) is 8.72. The second kappa shape index (κ2) is 5.35. The van der Waals surface area contributed by atoms with Crippen LogP contribution < -0.4 is 10.1 Å². The maximum Gasteiger partial charge on any atom is 0.278 e. The van der Waals surface area contributed by atoms with E-state index < -0.39 is 0 Å². The first kappa shape index (κ1) is 12.2. The molecule has 2 aromatic rings. The van der Waals surface area contributed by atoms with Gasteiger partial charge in [0.2, 0.25) is 0 Å². The van der Waals surface area contributed by atoms with E-state index in [1.807, 2.05) is 19.1 Å². The summed E-state index contributed by atoms with van der Waals surface area (Å²) in [5.41, 5.74) is 1.59. The van der Waals surface area contributed by atoms with E-state index in [-0.39, 0.29) is 11.6 Å². The van der Waals surface area contributed by atoms with Crippen molar-refractivity contribution < 1.29 is 14.1 Å². The van der Waals surface area contributed by atoms with Crippen molar-refractivity contribution >= 4 is 11.6 Å². The van der Waals surface area contributed by atoms with Crippen LogP contribution in [-0.2, 0) is 0 Å². The number of aryl methyl sites for hydroxylation is 1. The van der Waals surface area contributed by atoms with Gasteiger partial charge in [-0.1, -0.05) is 17.3 Å². The molecule has 1 N–H and O–H groups in total. The molecule has 0 fully saturated rings. The fourth-order valence-electron chi connectivity index (χ4n) is 1.54. The fraction of sp³-hybridized carbons (Fsp3) is 0.231. The van der Waals surface area contributed by atoms with Gasteiger partial charge in [-0.25, -0.2) is 0 Å². The topological polar surface area (TPSA) is 64.4 Å². The molecule has 0 unspecified atom stereocenters. The lowest BCUT2D eigenvalue weighted by molar-refractivity contribution is 0.101. The number of nitrogens with one attached hydrogen (secondary N) is 1. The molecular weight excluding hydrogens is 232 g/mol. The lowest BCUT2D eigenvalue weighted by Gasteiger charge is -2.10. The standard InChI is InChI=1S/C13H14N2O3/c1-3-17-11-7-5-4-6-10(11)14-13(16)12-9(2)8-18-15-12/h4-8H,3H2,1-2H3,(H,14,16). The van der Waals surface area contributed by atoms with Crippen LogP contribution in [0.15, 0.2) is 35.1 Å². The van der Waals surface area contributed by atoms with Gasteiger partial charge in [0.1, 0.15) is 12.0 Å².